The molecule has 1 heterocycles. The van der Waals surface area contributed by atoms with Crippen LogP contribution in [0.5, 0.6) is 0 Å². The first kappa shape index (κ1) is 15.4. The van der Waals surface area contributed by atoms with Crippen LogP contribution >= 0.6 is 0 Å². The van der Waals surface area contributed by atoms with Crippen molar-refractivity contribution in [2.45, 2.75) is 38.1 Å². The maximum atomic E-state index is 11.3. The lowest BCUT2D eigenvalue weighted by molar-refractivity contribution is -0.122. The zero-order valence-corrected chi connectivity index (χ0v) is 12.5. The summed E-state index contributed by atoms with van der Waals surface area (Å²) in [6.07, 6.45) is 4.83. The summed E-state index contributed by atoms with van der Waals surface area (Å²) >= 11 is 0. The molecule has 0 spiro atoms. The lowest BCUT2D eigenvalue weighted by atomic mass is 10.1. The fourth-order valence-corrected chi connectivity index (χ4v) is 2.41. The van der Waals surface area contributed by atoms with Gasteiger partial charge in [0.25, 0.3) is 0 Å². The van der Waals surface area contributed by atoms with E-state index in [9.17, 15) is 4.79 Å². The Hall–Kier alpha value is -1.94. The van der Waals surface area contributed by atoms with Gasteiger partial charge in [-0.25, -0.2) is 0 Å². The van der Waals surface area contributed by atoms with Gasteiger partial charge in [0.2, 0.25) is 5.91 Å². The molecule has 1 aromatic carbocycles. The lowest BCUT2D eigenvalue weighted by Crippen LogP contribution is -2.38. The third kappa shape index (κ3) is 4.53. The molecule has 2 aromatic rings. The molecule has 21 heavy (non-hydrogen) atoms. The normalized spacial score (nSPS) is 12.3. The highest BCUT2D eigenvalue weighted by molar-refractivity contribution is 5.81. The first-order valence-electron chi connectivity index (χ1n) is 7.52. The Balaban J connectivity index is 1.74. The van der Waals surface area contributed by atoms with Gasteiger partial charge in [-0.2, -0.15) is 0 Å². The molecule has 1 unspecified atom stereocenters. The van der Waals surface area contributed by atoms with E-state index < -0.39 is 0 Å². The number of pyridine rings is 1. The summed E-state index contributed by atoms with van der Waals surface area (Å²) in [4.78, 5) is 15.9. The summed E-state index contributed by atoms with van der Waals surface area (Å²) in [6.45, 7) is 0. The largest absolute Gasteiger partial charge is 0.358 e. The number of aryl methyl sites for hydroxylation is 1. The summed E-state index contributed by atoms with van der Waals surface area (Å²) < 4.78 is 0. The molecule has 0 saturated heterocycles. The molecule has 1 aromatic heterocycles. The molecule has 112 valence electrons. The first-order valence-corrected chi connectivity index (χ1v) is 7.52. The van der Waals surface area contributed by atoms with Crippen LogP contribution < -0.4 is 11.1 Å². The smallest absolute Gasteiger partial charge is 0.236 e. The Bertz CT molecular complexity index is 597. The highest BCUT2D eigenvalue weighted by Crippen LogP contribution is 2.14. The molecule has 4 nitrogen and oxygen atoms in total. The van der Waals surface area contributed by atoms with Crippen LogP contribution in [-0.2, 0) is 11.2 Å². The van der Waals surface area contributed by atoms with Crippen LogP contribution in [0, 0.1) is 0 Å². The molecular weight excluding hydrogens is 262 g/mol. The fraction of sp³-hybridized carbons (Fsp3) is 0.412. The zero-order valence-electron chi connectivity index (χ0n) is 12.5. The van der Waals surface area contributed by atoms with E-state index in [1.165, 1.54) is 5.39 Å². The van der Waals surface area contributed by atoms with Gasteiger partial charge in [0.05, 0.1) is 11.6 Å². The SMILES string of the molecule is CNC(=O)C(N)CCCCCc1ccc2ccccc2n1. The number of hydrogen-bond donors (Lipinski definition) is 2. The number of carbonyl (C=O) groups is 1. The second-order valence-corrected chi connectivity index (χ2v) is 5.32. The Kier molecular flexibility index (Phi) is 5.69. The first-order chi connectivity index (χ1) is 10.2. The minimum atomic E-state index is -0.381. The number of likely N-dealkylation sites (N-methyl/N-ethyl adjacent to an activating group) is 1. The van der Waals surface area contributed by atoms with E-state index in [4.69, 9.17) is 5.73 Å². The maximum absolute atomic E-state index is 11.3. The van der Waals surface area contributed by atoms with Gasteiger partial charge in [-0.3, -0.25) is 9.78 Å². The van der Waals surface area contributed by atoms with Crippen LogP contribution in [0.2, 0.25) is 0 Å². The topological polar surface area (TPSA) is 68.0 Å². The van der Waals surface area contributed by atoms with Crippen LogP contribution in [0.1, 0.15) is 31.4 Å². The highest BCUT2D eigenvalue weighted by atomic mass is 16.2. The lowest BCUT2D eigenvalue weighted by Gasteiger charge is -2.09. The van der Waals surface area contributed by atoms with Crippen molar-refractivity contribution in [3.05, 3.63) is 42.1 Å². The van der Waals surface area contributed by atoms with Crippen molar-refractivity contribution in [1.29, 1.82) is 0 Å². The van der Waals surface area contributed by atoms with E-state index in [1.54, 1.807) is 7.05 Å². The molecule has 0 fully saturated rings. The molecular formula is C17H23N3O. The van der Waals surface area contributed by atoms with Crippen molar-refractivity contribution in [2.75, 3.05) is 7.05 Å². The Morgan fingerprint density at radius 3 is 2.81 bits per heavy atom. The molecule has 3 N–H and O–H groups in total. The standard InChI is InChI=1S/C17H23N3O/c1-19-17(21)15(18)9-4-2-3-8-14-12-11-13-7-5-6-10-16(13)20-14/h5-7,10-12,15H,2-4,8-9,18H2,1H3,(H,19,21). The molecule has 1 atom stereocenters. The number of aromatic nitrogens is 1. The van der Waals surface area contributed by atoms with Gasteiger partial charge in [-0.1, -0.05) is 37.1 Å². The van der Waals surface area contributed by atoms with E-state index in [0.717, 1.165) is 43.3 Å². The molecule has 0 saturated carbocycles. The predicted molar refractivity (Wildman–Crippen MR) is 86.0 cm³/mol. The second kappa shape index (κ2) is 7.74. The summed E-state index contributed by atoms with van der Waals surface area (Å²) in [5.41, 5.74) is 7.94. The van der Waals surface area contributed by atoms with Gasteiger partial charge in [0.1, 0.15) is 0 Å². The van der Waals surface area contributed by atoms with Gasteiger partial charge in [-0.15, -0.1) is 0 Å². The summed E-state index contributed by atoms with van der Waals surface area (Å²) in [6, 6.07) is 12.0. The van der Waals surface area contributed by atoms with Gasteiger partial charge in [0.15, 0.2) is 0 Å². The number of nitrogens with two attached hydrogens (primary N) is 1. The minimum Gasteiger partial charge on any atom is -0.358 e. The van der Waals surface area contributed by atoms with Crippen LogP contribution in [0.15, 0.2) is 36.4 Å². The van der Waals surface area contributed by atoms with E-state index in [-0.39, 0.29) is 11.9 Å². The monoisotopic (exact) mass is 285 g/mol. The number of fused-ring (bicyclic) bond motifs is 1. The van der Waals surface area contributed by atoms with Crippen molar-refractivity contribution < 1.29 is 4.79 Å². The Morgan fingerprint density at radius 2 is 2.00 bits per heavy atom. The molecule has 0 aliphatic rings. The maximum Gasteiger partial charge on any atom is 0.236 e. The minimum absolute atomic E-state index is 0.0776. The summed E-state index contributed by atoms with van der Waals surface area (Å²) in [5, 5.41) is 3.75. The van der Waals surface area contributed by atoms with Crippen molar-refractivity contribution in [1.82, 2.24) is 10.3 Å². The summed E-state index contributed by atoms with van der Waals surface area (Å²) in [7, 11) is 1.62. The molecule has 0 radical (unpaired) electrons. The molecule has 0 aliphatic heterocycles. The van der Waals surface area contributed by atoms with Gasteiger partial charge < -0.3 is 11.1 Å². The van der Waals surface area contributed by atoms with Crippen molar-refractivity contribution in [2.24, 2.45) is 5.73 Å². The fourth-order valence-electron chi connectivity index (χ4n) is 2.41. The Labute approximate surface area is 125 Å². The van der Waals surface area contributed by atoms with E-state index >= 15 is 0 Å². The van der Waals surface area contributed by atoms with E-state index in [1.807, 2.05) is 18.2 Å². The van der Waals surface area contributed by atoms with Crippen LogP contribution in [0.4, 0.5) is 0 Å². The zero-order chi connectivity index (χ0) is 15.1. The molecule has 2 rings (SSSR count). The number of carbonyl (C=O) groups excluding carboxylic acids is 1. The molecule has 4 heteroatoms. The quantitative estimate of drug-likeness (QED) is 0.768. The van der Waals surface area contributed by atoms with Crippen molar-refractivity contribution in [3.63, 3.8) is 0 Å². The van der Waals surface area contributed by atoms with Gasteiger partial charge in [0, 0.05) is 18.1 Å². The van der Waals surface area contributed by atoms with Crippen molar-refractivity contribution >= 4 is 16.8 Å². The number of nitrogens with one attached hydrogen (secondary N) is 1. The number of benzene rings is 1. The summed E-state index contributed by atoms with van der Waals surface area (Å²) in [5.74, 6) is -0.0776. The number of unbranched alkanes of at least 4 members (excludes halogenated alkanes) is 2. The van der Waals surface area contributed by atoms with Gasteiger partial charge >= 0.3 is 0 Å². The number of amides is 1. The number of hydrogen-bond acceptors (Lipinski definition) is 3. The van der Waals surface area contributed by atoms with Crippen LogP contribution in [0.25, 0.3) is 10.9 Å². The number of rotatable bonds is 7. The average molecular weight is 285 g/mol. The van der Waals surface area contributed by atoms with E-state index in [0.29, 0.717) is 0 Å². The predicted octanol–water partition coefficient (Wildman–Crippen LogP) is 2.41. The van der Waals surface area contributed by atoms with E-state index in [2.05, 4.69) is 28.5 Å². The van der Waals surface area contributed by atoms with Crippen LogP contribution in [0.3, 0.4) is 0 Å². The third-order valence-corrected chi connectivity index (χ3v) is 3.69. The second-order valence-electron chi connectivity index (χ2n) is 5.32. The van der Waals surface area contributed by atoms with Crippen LogP contribution in [-0.4, -0.2) is 24.0 Å². The average Bonchev–Trinajstić information content (AvgIpc) is 2.53. The van der Waals surface area contributed by atoms with Crippen molar-refractivity contribution in [3.8, 4) is 0 Å². The number of para-hydroxylation sites is 1. The Morgan fingerprint density at radius 1 is 1.19 bits per heavy atom. The number of nitrogens with zero attached hydrogens (tertiary/aromatic N) is 1. The highest BCUT2D eigenvalue weighted by Gasteiger charge is 2.10. The van der Waals surface area contributed by atoms with Gasteiger partial charge in [-0.05, 0) is 31.4 Å². The molecule has 1 amide bonds. The third-order valence-electron chi connectivity index (χ3n) is 3.69. The molecule has 0 aliphatic carbocycles. The molecule has 0 bridgehead atoms.